The summed E-state index contributed by atoms with van der Waals surface area (Å²) in [7, 11) is 1.59. The molecule has 0 radical (unpaired) electrons. The van der Waals surface area contributed by atoms with E-state index in [9.17, 15) is 9.90 Å². The van der Waals surface area contributed by atoms with Gasteiger partial charge in [0.25, 0.3) is 5.91 Å². The maximum atomic E-state index is 12.4. The van der Waals surface area contributed by atoms with E-state index in [2.05, 4.69) is 10.1 Å². The molecule has 1 amide bonds. The van der Waals surface area contributed by atoms with Crippen LogP contribution in [-0.2, 0) is 0 Å². The smallest absolute Gasteiger partial charge is 0.257 e. The molecule has 3 rings (SSSR count). The van der Waals surface area contributed by atoms with E-state index in [4.69, 9.17) is 27.9 Å². The van der Waals surface area contributed by atoms with Crippen LogP contribution in [-0.4, -0.2) is 22.9 Å². The highest BCUT2D eigenvalue weighted by Gasteiger charge is 2.18. The Morgan fingerprint density at radius 1 is 1.45 bits per heavy atom. The van der Waals surface area contributed by atoms with E-state index in [1.165, 1.54) is 30.6 Å². The molecular weight excluding hydrogens is 366 g/mol. The van der Waals surface area contributed by atoms with Crippen molar-refractivity contribution < 1.29 is 14.6 Å². The zero-order chi connectivity index (χ0) is 15.9. The first kappa shape index (κ1) is 15.4. The third-order valence-corrected chi connectivity index (χ3v) is 6.17. The van der Waals surface area contributed by atoms with Crippen molar-refractivity contribution in [3.05, 3.63) is 33.3 Å². The molecule has 22 heavy (non-hydrogen) atoms. The van der Waals surface area contributed by atoms with Crippen molar-refractivity contribution in [1.82, 2.24) is 4.75 Å². The number of aromatic hydroxyl groups is 1. The summed E-state index contributed by atoms with van der Waals surface area (Å²) in [6.07, 6.45) is 0. The lowest BCUT2D eigenvalue weighted by Gasteiger charge is -2.10. The van der Waals surface area contributed by atoms with E-state index in [1.54, 1.807) is 5.38 Å². The van der Waals surface area contributed by atoms with Crippen molar-refractivity contribution in [2.45, 2.75) is 0 Å². The molecule has 2 heterocycles. The lowest BCUT2D eigenvalue weighted by molar-refractivity contribution is 0.102. The van der Waals surface area contributed by atoms with Crippen molar-refractivity contribution in [2.75, 3.05) is 12.4 Å². The molecule has 0 aliphatic rings. The molecule has 1 unspecified atom stereocenters. The van der Waals surface area contributed by atoms with Crippen molar-refractivity contribution in [3.8, 4) is 11.5 Å². The summed E-state index contributed by atoms with van der Waals surface area (Å²) >= 11 is 13.4. The van der Waals surface area contributed by atoms with Crippen LogP contribution in [0.5, 0.6) is 11.5 Å². The molecule has 0 bridgehead atoms. The molecule has 0 spiro atoms. The number of methoxy groups -OCH3 is 1. The number of thiophene rings is 1. The van der Waals surface area contributed by atoms with Gasteiger partial charge in [0.2, 0.25) is 0 Å². The van der Waals surface area contributed by atoms with Crippen LogP contribution in [0.2, 0.25) is 10.2 Å². The molecule has 0 aliphatic heterocycles. The Balaban J connectivity index is 1.96. The summed E-state index contributed by atoms with van der Waals surface area (Å²) in [6, 6.07) is 2.91. The van der Waals surface area contributed by atoms with Gasteiger partial charge < -0.3 is 15.2 Å². The van der Waals surface area contributed by atoms with Gasteiger partial charge in [0.15, 0.2) is 5.15 Å². The van der Waals surface area contributed by atoms with Gasteiger partial charge in [0.05, 0.1) is 23.1 Å². The zero-order valence-corrected chi connectivity index (χ0v) is 14.4. The van der Waals surface area contributed by atoms with Gasteiger partial charge >= 0.3 is 0 Å². The number of rotatable bonds is 3. The first-order valence-corrected chi connectivity index (χ1v) is 8.58. The number of amides is 1. The van der Waals surface area contributed by atoms with Crippen LogP contribution in [0.4, 0.5) is 5.69 Å². The topological polar surface area (TPSA) is 71.5 Å². The molecule has 2 N–H and O–H groups in total. The zero-order valence-electron chi connectivity index (χ0n) is 11.1. The van der Waals surface area contributed by atoms with Gasteiger partial charge in [-0.05, 0) is 8.35 Å². The Morgan fingerprint density at radius 2 is 2.23 bits per heavy atom. The number of phenolic OH excluding ortho intramolecular Hbond substituents is 1. The number of hydrogen-bond donors (Lipinski definition) is 2. The number of ether oxygens (including phenoxy) is 1. The SMILES string of the molecule is COc1cc(O)c(Cl)c(NC(=O)c2csc3c(Cl)n[pH]c23)c1. The minimum absolute atomic E-state index is 0.0535. The lowest BCUT2D eigenvalue weighted by atomic mass is 10.2. The molecule has 114 valence electrons. The molecule has 1 aromatic carbocycles. The summed E-state index contributed by atoms with van der Waals surface area (Å²) < 4.78 is 10.0. The van der Waals surface area contributed by atoms with Gasteiger partial charge in [0, 0.05) is 22.6 Å². The highest BCUT2D eigenvalue weighted by Crippen LogP contribution is 2.39. The third kappa shape index (κ3) is 2.63. The fraction of sp³-hybridized carbons (Fsp3) is 0.0769. The summed E-state index contributed by atoms with van der Waals surface area (Å²) in [5.74, 6) is -0.109. The number of nitrogens with zero attached hydrogens (tertiary/aromatic N) is 1. The van der Waals surface area contributed by atoms with Gasteiger partial charge in [-0.25, -0.2) is 4.75 Å². The molecule has 2 aromatic heterocycles. The molecule has 0 fully saturated rings. The number of hydrogen-bond acceptors (Lipinski definition) is 5. The Hall–Kier alpha value is -1.46. The first-order chi connectivity index (χ1) is 10.5. The number of anilines is 1. The van der Waals surface area contributed by atoms with Crippen LogP contribution >= 0.6 is 42.9 Å². The van der Waals surface area contributed by atoms with E-state index < -0.39 is 0 Å². The highest BCUT2D eigenvalue weighted by molar-refractivity contribution is 7.37. The summed E-state index contributed by atoms with van der Waals surface area (Å²) in [5.41, 5.74) is 0.785. The number of benzene rings is 1. The molecule has 9 heteroatoms. The van der Waals surface area contributed by atoms with Crippen LogP contribution in [0, 0.1) is 0 Å². The highest BCUT2D eigenvalue weighted by atomic mass is 35.5. The maximum absolute atomic E-state index is 12.4. The van der Waals surface area contributed by atoms with Crippen LogP contribution < -0.4 is 10.1 Å². The molecule has 5 nitrogen and oxygen atoms in total. The quantitative estimate of drug-likeness (QED) is 0.702. The van der Waals surface area contributed by atoms with Crippen LogP contribution in [0.25, 0.3) is 9.82 Å². The second kappa shape index (κ2) is 5.97. The minimum Gasteiger partial charge on any atom is -0.506 e. The summed E-state index contributed by atoms with van der Waals surface area (Å²) in [6.45, 7) is 0. The van der Waals surface area contributed by atoms with E-state index in [1.807, 2.05) is 0 Å². The monoisotopic (exact) mass is 374 g/mol. The Kier molecular flexibility index (Phi) is 4.19. The average molecular weight is 375 g/mol. The minimum atomic E-state index is -0.332. The number of carbonyl (C=O) groups excluding carboxylic acids is 1. The van der Waals surface area contributed by atoms with E-state index >= 15 is 0 Å². The largest absolute Gasteiger partial charge is 0.506 e. The summed E-state index contributed by atoms with van der Waals surface area (Å²) in [4.78, 5) is 12.4. The number of nitrogens with one attached hydrogen (secondary N) is 1. The van der Waals surface area contributed by atoms with Crippen molar-refractivity contribution in [3.63, 3.8) is 0 Å². The van der Waals surface area contributed by atoms with E-state index in [0.717, 1.165) is 9.82 Å². The van der Waals surface area contributed by atoms with Crippen LogP contribution in [0.15, 0.2) is 17.5 Å². The average Bonchev–Trinajstić information content (AvgIpc) is 3.07. The van der Waals surface area contributed by atoms with E-state index in [0.29, 0.717) is 16.5 Å². The molecule has 0 aliphatic carbocycles. The molecule has 0 saturated carbocycles. The van der Waals surface area contributed by atoms with Crippen LogP contribution in [0.1, 0.15) is 10.4 Å². The second-order valence-corrected chi connectivity index (χ2v) is 6.89. The first-order valence-electron chi connectivity index (χ1n) is 6.00. The van der Waals surface area contributed by atoms with Crippen molar-refractivity contribution >= 4 is 64.3 Å². The summed E-state index contributed by atoms with van der Waals surface area (Å²) in [5, 5.41) is 15.5. The van der Waals surface area contributed by atoms with Gasteiger partial charge in [0.1, 0.15) is 16.5 Å². The maximum Gasteiger partial charge on any atom is 0.257 e. The second-order valence-electron chi connectivity index (χ2n) is 4.33. The number of halogens is 2. The molecular formula is C13H9Cl2N2O3PS. The fourth-order valence-corrected chi connectivity index (χ4v) is 4.69. The number of aromatic nitrogens is 1. The molecule has 0 saturated heterocycles. The predicted molar refractivity (Wildman–Crippen MR) is 91.8 cm³/mol. The van der Waals surface area contributed by atoms with Crippen LogP contribution in [0.3, 0.4) is 0 Å². The Morgan fingerprint density at radius 3 is 2.95 bits per heavy atom. The van der Waals surface area contributed by atoms with Gasteiger partial charge in [-0.3, -0.25) is 4.79 Å². The predicted octanol–water partition coefficient (Wildman–Crippen LogP) is 4.60. The van der Waals surface area contributed by atoms with Gasteiger partial charge in [-0.2, -0.15) is 0 Å². The number of phenols is 1. The Labute approximate surface area is 141 Å². The Bertz CT molecular complexity index is 878. The van der Waals surface area contributed by atoms with Gasteiger partial charge in [-0.1, -0.05) is 23.2 Å². The van der Waals surface area contributed by atoms with Crippen molar-refractivity contribution in [1.29, 1.82) is 0 Å². The fourth-order valence-electron chi connectivity index (χ4n) is 1.93. The third-order valence-electron chi connectivity index (χ3n) is 3.00. The lowest BCUT2D eigenvalue weighted by Crippen LogP contribution is -2.11. The molecule has 1 atom stereocenters. The van der Waals surface area contributed by atoms with E-state index in [-0.39, 0.29) is 30.7 Å². The van der Waals surface area contributed by atoms with Crippen molar-refractivity contribution in [2.24, 2.45) is 0 Å². The standard InChI is InChI=1S/C13H9Cl2N2O3PS/c1-20-5-2-7(9(14)8(18)3-5)16-13(19)6-4-22-11-10(6)21-17-12(11)15/h2-4,18,21H,1H3,(H,16,19). The number of fused-ring (bicyclic) bond motifs is 1. The normalized spacial score (nSPS) is 11.2. The molecule has 3 aromatic rings. The number of carbonyl (C=O) groups is 1. The van der Waals surface area contributed by atoms with Gasteiger partial charge in [-0.15, -0.1) is 11.3 Å².